The minimum absolute atomic E-state index is 0.0317. The van der Waals surface area contributed by atoms with Gasteiger partial charge in [-0.3, -0.25) is 9.59 Å². The molecule has 0 amide bonds. The summed E-state index contributed by atoms with van der Waals surface area (Å²) >= 11 is 0. The van der Waals surface area contributed by atoms with Crippen LogP contribution in [-0.4, -0.2) is 25.8 Å². The van der Waals surface area contributed by atoms with Crippen LogP contribution in [0.4, 0.5) is 17.1 Å². The second kappa shape index (κ2) is 12.2. The topological polar surface area (TPSA) is 55.8 Å². The molecule has 0 spiro atoms. The number of hydrogen-bond donors (Lipinski definition) is 0. The van der Waals surface area contributed by atoms with Crippen LogP contribution >= 0.6 is 0 Å². The highest BCUT2D eigenvalue weighted by atomic mass is 16.5. The summed E-state index contributed by atoms with van der Waals surface area (Å²) < 4.78 is 10.0. The highest BCUT2D eigenvalue weighted by molar-refractivity contribution is 5.97. The van der Waals surface area contributed by atoms with E-state index in [-0.39, 0.29) is 11.6 Å². The molecule has 4 aromatic rings. The molecule has 5 nitrogen and oxygen atoms in total. The van der Waals surface area contributed by atoms with Crippen molar-refractivity contribution in [3.05, 3.63) is 114 Å². The number of carbonyl (C=O) groups is 2. The maximum absolute atomic E-state index is 11.5. The fourth-order valence-corrected chi connectivity index (χ4v) is 3.54. The smallest absolute Gasteiger partial charge is 0.163 e. The Labute approximate surface area is 206 Å². The van der Waals surface area contributed by atoms with Crippen LogP contribution in [0, 0.1) is 0 Å². The Kier molecular flexibility index (Phi) is 8.79. The standard InChI is InChI=1S/C20H17NO.C10H12O3/c1-16(22)17-12-14-20(15-13-17)21(18-8-4-2-5-9-18)19-10-6-3-7-11-19;1-7(11)9-6-8(12-2)4-5-10(9)13-3/h2-15H,1H3;4-6H,1-3H3. The van der Waals surface area contributed by atoms with Crippen molar-refractivity contribution in [2.45, 2.75) is 13.8 Å². The van der Waals surface area contributed by atoms with Crippen LogP contribution in [0.1, 0.15) is 34.6 Å². The van der Waals surface area contributed by atoms with E-state index in [1.807, 2.05) is 60.7 Å². The Bertz CT molecular complexity index is 1210. The molecule has 0 saturated heterocycles. The van der Waals surface area contributed by atoms with E-state index in [2.05, 4.69) is 29.2 Å². The molecule has 0 aliphatic rings. The van der Waals surface area contributed by atoms with Crippen LogP contribution in [0.5, 0.6) is 11.5 Å². The molecular weight excluding hydrogens is 438 g/mol. The molecule has 0 unspecified atom stereocenters. The summed E-state index contributed by atoms with van der Waals surface area (Å²) in [5, 5.41) is 0. The zero-order valence-electron chi connectivity index (χ0n) is 20.4. The first-order chi connectivity index (χ1) is 16.9. The van der Waals surface area contributed by atoms with Gasteiger partial charge in [-0.05, 0) is 80.6 Å². The van der Waals surface area contributed by atoms with Crippen LogP contribution in [0.25, 0.3) is 0 Å². The molecule has 0 heterocycles. The van der Waals surface area contributed by atoms with Crippen LogP contribution in [0.2, 0.25) is 0 Å². The van der Waals surface area contributed by atoms with E-state index in [1.165, 1.54) is 14.0 Å². The highest BCUT2D eigenvalue weighted by Gasteiger charge is 2.12. The molecule has 5 heteroatoms. The molecule has 0 atom stereocenters. The van der Waals surface area contributed by atoms with Gasteiger partial charge in [0.2, 0.25) is 0 Å². The Morgan fingerprint density at radius 2 is 1.11 bits per heavy atom. The maximum Gasteiger partial charge on any atom is 0.163 e. The number of carbonyl (C=O) groups excluding carboxylic acids is 2. The molecule has 0 bridgehead atoms. The van der Waals surface area contributed by atoms with E-state index in [0.29, 0.717) is 17.1 Å². The minimum atomic E-state index is -0.0317. The summed E-state index contributed by atoms with van der Waals surface area (Å²) in [6, 6.07) is 33.3. The number of Topliss-reactive ketones (excluding diaryl/α,β-unsaturated/α-hetero) is 2. The van der Waals surface area contributed by atoms with Gasteiger partial charge in [0.1, 0.15) is 11.5 Å². The zero-order chi connectivity index (χ0) is 25.2. The van der Waals surface area contributed by atoms with Gasteiger partial charge in [-0.2, -0.15) is 0 Å². The van der Waals surface area contributed by atoms with E-state index in [1.54, 1.807) is 32.2 Å². The number of para-hydroxylation sites is 2. The molecule has 0 radical (unpaired) electrons. The first-order valence-electron chi connectivity index (χ1n) is 11.2. The molecule has 0 fully saturated rings. The predicted octanol–water partition coefficient (Wildman–Crippen LogP) is 7.27. The van der Waals surface area contributed by atoms with Gasteiger partial charge < -0.3 is 14.4 Å². The predicted molar refractivity (Wildman–Crippen MR) is 141 cm³/mol. The van der Waals surface area contributed by atoms with Gasteiger partial charge in [-0.25, -0.2) is 0 Å². The largest absolute Gasteiger partial charge is 0.497 e. The van der Waals surface area contributed by atoms with Gasteiger partial charge in [0.05, 0.1) is 19.8 Å². The van der Waals surface area contributed by atoms with E-state index in [0.717, 1.165) is 22.6 Å². The van der Waals surface area contributed by atoms with Crippen LogP contribution < -0.4 is 14.4 Å². The number of ether oxygens (including phenoxy) is 2. The molecule has 0 aliphatic heterocycles. The first-order valence-corrected chi connectivity index (χ1v) is 11.2. The summed E-state index contributed by atoms with van der Waals surface area (Å²) in [5.41, 5.74) is 4.47. The first kappa shape index (κ1) is 25.2. The summed E-state index contributed by atoms with van der Waals surface area (Å²) in [6.07, 6.45) is 0. The number of nitrogens with zero attached hydrogens (tertiary/aromatic N) is 1. The van der Waals surface area contributed by atoms with Crippen molar-refractivity contribution in [3.63, 3.8) is 0 Å². The summed E-state index contributed by atoms with van der Waals surface area (Å²) in [4.78, 5) is 24.8. The van der Waals surface area contributed by atoms with Gasteiger partial charge >= 0.3 is 0 Å². The molecule has 178 valence electrons. The van der Waals surface area contributed by atoms with Crippen molar-refractivity contribution in [2.75, 3.05) is 19.1 Å². The summed E-state index contributed by atoms with van der Waals surface area (Å²) in [5.74, 6) is 1.28. The van der Waals surface area contributed by atoms with E-state index in [4.69, 9.17) is 9.47 Å². The molecule has 0 aromatic heterocycles. The summed E-state index contributed by atoms with van der Waals surface area (Å²) in [7, 11) is 3.10. The fraction of sp³-hybridized carbons (Fsp3) is 0.133. The highest BCUT2D eigenvalue weighted by Crippen LogP contribution is 2.34. The van der Waals surface area contributed by atoms with Crippen molar-refractivity contribution in [1.29, 1.82) is 0 Å². The number of rotatable bonds is 7. The SMILES string of the molecule is CC(=O)c1ccc(N(c2ccccc2)c2ccccc2)cc1.COc1ccc(OC)c(C(C)=O)c1. The van der Waals surface area contributed by atoms with Crippen LogP contribution in [0.15, 0.2) is 103 Å². The van der Waals surface area contributed by atoms with Crippen molar-refractivity contribution in [3.8, 4) is 11.5 Å². The van der Waals surface area contributed by atoms with Gasteiger partial charge in [0.15, 0.2) is 11.6 Å². The minimum Gasteiger partial charge on any atom is -0.497 e. The molecule has 0 saturated carbocycles. The van der Waals surface area contributed by atoms with Crippen LogP contribution in [0.3, 0.4) is 0 Å². The molecule has 0 N–H and O–H groups in total. The second-order valence-corrected chi connectivity index (χ2v) is 7.73. The lowest BCUT2D eigenvalue weighted by Crippen LogP contribution is -2.09. The zero-order valence-corrected chi connectivity index (χ0v) is 20.4. The Morgan fingerprint density at radius 3 is 1.54 bits per heavy atom. The van der Waals surface area contributed by atoms with E-state index in [9.17, 15) is 9.59 Å². The number of anilines is 3. The number of benzene rings is 4. The maximum atomic E-state index is 11.5. The van der Waals surface area contributed by atoms with Crippen molar-refractivity contribution >= 4 is 28.6 Å². The Morgan fingerprint density at radius 1 is 0.600 bits per heavy atom. The lowest BCUT2D eigenvalue weighted by Gasteiger charge is -2.25. The van der Waals surface area contributed by atoms with Gasteiger partial charge in [-0.15, -0.1) is 0 Å². The normalized spacial score (nSPS) is 9.94. The van der Waals surface area contributed by atoms with Gasteiger partial charge in [0.25, 0.3) is 0 Å². The molecule has 0 aliphatic carbocycles. The van der Waals surface area contributed by atoms with Crippen LogP contribution in [-0.2, 0) is 0 Å². The van der Waals surface area contributed by atoms with E-state index < -0.39 is 0 Å². The third-order valence-electron chi connectivity index (χ3n) is 5.35. The summed E-state index contributed by atoms with van der Waals surface area (Å²) in [6.45, 7) is 3.08. The van der Waals surface area contributed by atoms with E-state index >= 15 is 0 Å². The van der Waals surface area contributed by atoms with Gasteiger partial charge in [-0.1, -0.05) is 36.4 Å². The van der Waals surface area contributed by atoms with Crippen molar-refractivity contribution in [2.24, 2.45) is 0 Å². The number of ketones is 2. The molecule has 35 heavy (non-hydrogen) atoms. The monoisotopic (exact) mass is 467 g/mol. The molecule has 4 rings (SSSR count). The third kappa shape index (κ3) is 6.58. The van der Waals surface area contributed by atoms with Crippen molar-refractivity contribution in [1.82, 2.24) is 0 Å². The average Bonchev–Trinajstić information content (AvgIpc) is 2.90. The average molecular weight is 468 g/mol. The number of hydrogen-bond acceptors (Lipinski definition) is 5. The number of methoxy groups -OCH3 is 2. The molecular formula is C30H29NO4. The Balaban J connectivity index is 0.000000225. The second-order valence-electron chi connectivity index (χ2n) is 7.73. The van der Waals surface area contributed by atoms with Crippen molar-refractivity contribution < 1.29 is 19.1 Å². The molecule has 4 aromatic carbocycles. The third-order valence-corrected chi connectivity index (χ3v) is 5.35. The Hall–Kier alpha value is -4.38. The lowest BCUT2D eigenvalue weighted by atomic mass is 10.1. The van der Waals surface area contributed by atoms with Gasteiger partial charge in [0, 0.05) is 22.6 Å². The lowest BCUT2D eigenvalue weighted by molar-refractivity contribution is 0.100. The quantitative estimate of drug-likeness (QED) is 0.268. The fourth-order valence-electron chi connectivity index (χ4n) is 3.54.